The average Bonchev–Trinajstić information content (AvgIpc) is 2.53. The number of ether oxygens (including phenoxy) is 1. The number of nitro benzene ring substituents is 1. The van der Waals surface area contributed by atoms with Crippen LogP contribution in [0.15, 0.2) is 48.5 Å². The third-order valence-electron chi connectivity index (χ3n) is 3.06. The largest absolute Gasteiger partial charge is 0.490 e. The second kappa shape index (κ2) is 8.14. The summed E-state index contributed by atoms with van der Waals surface area (Å²) >= 11 is 5.94. The number of rotatable bonds is 7. The first-order valence-corrected chi connectivity index (χ1v) is 7.32. The van der Waals surface area contributed by atoms with Gasteiger partial charge in [-0.1, -0.05) is 41.9 Å². The molecule has 0 saturated heterocycles. The van der Waals surface area contributed by atoms with E-state index in [1.54, 1.807) is 42.5 Å². The summed E-state index contributed by atoms with van der Waals surface area (Å²) in [6, 6.07) is 13.2. The molecule has 1 N–H and O–H groups in total. The summed E-state index contributed by atoms with van der Waals surface area (Å²) < 4.78 is 5.44. The van der Waals surface area contributed by atoms with Crippen molar-refractivity contribution in [3.63, 3.8) is 0 Å². The van der Waals surface area contributed by atoms with Gasteiger partial charge in [0.05, 0.1) is 22.9 Å². The van der Waals surface area contributed by atoms with Gasteiger partial charge < -0.3 is 10.1 Å². The lowest BCUT2D eigenvalue weighted by Crippen LogP contribution is -2.29. The number of carbonyl (C=O) groups excluding carboxylic acids is 1. The fourth-order valence-electron chi connectivity index (χ4n) is 1.99. The van der Waals surface area contributed by atoms with Crippen molar-refractivity contribution < 1.29 is 14.5 Å². The van der Waals surface area contributed by atoms with Crippen molar-refractivity contribution in [2.24, 2.45) is 0 Å². The SMILES string of the molecule is O=C(Cc1ccccc1[N+](=O)[O-])NCCOc1ccccc1Cl. The van der Waals surface area contributed by atoms with Crippen molar-refractivity contribution in [2.45, 2.75) is 6.42 Å². The molecule has 2 aromatic carbocycles. The number of carbonyl (C=O) groups is 1. The molecule has 0 bridgehead atoms. The number of hydrogen-bond acceptors (Lipinski definition) is 4. The summed E-state index contributed by atoms with van der Waals surface area (Å²) in [7, 11) is 0. The molecule has 2 rings (SSSR count). The van der Waals surface area contributed by atoms with Crippen molar-refractivity contribution in [1.29, 1.82) is 0 Å². The van der Waals surface area contributed by atoms with Gasteiger partial charge in [-0.25, -0.2) is 0 Å². The maximum Gasteiger partial charge on any atom is 0.273 e. The van der Waals surface area contributed by atoms with E-state index in [2.05, 4.69) is 5.32 Å². The van der Waals surface area contributed by atoms with Crippen LogP contribution in [-0.2, 0) is 11.2 Å². The Kier molecular flexibility index (Phi) is 5.94. The third kappa shape index (κ3) is 4.96. The highest BCUT2D eigenvalue weighted by molar-refractivity contribution is 6.32. The molecular formula is C16H15ClN2O4. The van der Waals surface area contributed by atoms with E-state index in [0.717, 1.165) is 0 Å². The summed E-state index contributed by atoms with van der Waals surface area (Å²) in [5, 5.41) is 14.0. The van der Waals surface area contributed by atoms with Gasteiger partial charge in [-0.15, -0.1) is 0 Å². The highest BCUT2D eigenvalue weighted by Crippen LogP contribution is 2.22. The van der Waals surface area contributed by atoms with E-state index in [9.17, 15) is 14.9 Å². The fraction of sp³-hybridized carbons (Fsp3) is 0.188. The van der Waals surface area contributed by atoms with Gasteiger partial charge in [0.2, 0.25) is 5.91 Å². The second-order valence-corrected chi connectivity index (χ2v) is 5.10. The maximum atomic E-state index is 11.9. The summed E-state index contributed by atoms with van der Waals surface area (Å²) in [6.45, 7) is 0.539. The van der Waals surface area contributed by atoms with Crippen LogP contribution in [0, 0.1) is 10.1 Å². The molecule has 7 heteroatoms. The van der Waals surface area contributed by atoms with Crippen LogP contribution in [0.2, 0.25) is 5.02 Å². The Bertz CT molecular complexity index is 706. The normalized spacial score (nSPS) is 10.1. The molecule has 0 aliphatic carbocycles. The van der Waals surface area contributed by atoms with Gasteiger partial charge in [0.25, 0.3) is 5.69 Å². The van der Waals surface area contributed by atoms with Crippen molar-refractivity contribution in [1.82, 2.24) is 5.32 Å². The minimum atomic E-state index is -0.497. The minimum Gasteiger partial charge on any atom is -0.490 e. The Morgan fingerprint density at radius 1 is 1.17 bits per heavy atom. The van der Waals surface area contributed by atoms with Crippen molar-refractivity contribution >= 4 is 23.2 Å². The second-order valence-electron chi connectivity index (χ2n) is 4.69. The van der Waals surface area contributed by atoms with Crippen LogP contribution in [0.3, 0.4) is 0 Å². The quantitative estimate of drug-likeness (QED) is 0.479. The van der Waals surface area contributed by atoms with Crippen LogP contribution < -0.4 is 10.1 Å². The predicted molar refractivity (Wildman–Crippen MR) is 86.8 cm³/mol. The first-order valence-electron chi connectivity index (χ1n) is 6.94. The van der Waals surface area contributed by atoms with Gasteiger partial charge in [-0.2, -0.15) is 0 Å². The van der Waals surface area contributed by atoms with Crippen LogP contribution in [0.5, 0.6) is 5.75 Å². The van der Waals surface area contributed by atoms with Gasteiger partial charge in [0.15, 0.2) is 0 Å². The van der Waals surface area contributed by atoms with Crippen LogP contribution in [0.4, 0.5) is 5.69 Å². The zero-order valence-electron chi connectivity index (χ0n) is 12.2. The number of benzene rings is 2. The van der Waals surface area contributed by atoms with Gasteiger partial charge in [-0.3, -0.25) is 14.9 Å². The van der Waals surface area contributed by atoms with Gasteiger partial charge in [-0.05, 0) is 12.1 Å². The summed E-state index contributed by atoms with van der Waals surface area (Å²) in [5.74, 6) is 0.240. The van der Waals surface area contributed by atoms with Crippen molar-refractivity contribution in [2.75, 3.05) is 13.2 Å². The van der Waals surface area contributed by atoms with E-state index >= 15 is 0 Å². The summed E-state index contributed by atoms with van der Waals surface area (Å²) in [5.41, 5.74) is 0.317. The van der Waals surface area contributed by atoms with E-state index in [-0.39, 0.29) is 31.2 Å². The Morgan fingerprint density at radius 3 is 2.61 bits per heavy atom. The van der Waals surface area contributed by atoms with Crippen LogP contribution in [0.1, 0.15) is 5.56 Å². The molecule has 0 spiro atoms. The van der Waals surface area contributed by atoms with Crippen LogP contribution in [-0.4, -0.2) is 24.0 Å². The standard InChI is InChI=1S/C16H15ClN2O4/c17-13-6-2-4-8-15(13)23-10-9-18-16(20)11-12-5-1-3-7-14(12)19(21)22/h1-8H,9-11H2,(H,18,20). The molecular weight excluding hydrogens is 320 g/mol. The smallest absolute Gasteiger partial charge is 0.273 e. The lowest BCUT2D eigenvalue weighted by atomic mass is 10.1. The fourth-order valence-corrected chi connectivity index (χ4v) is 2.18. The lowest BCUT2D eigenvalue weighted by Gasteiger charge is -2.09. The molecule has 0 atom stereocenters. The molecule has 0 saturated carbocycles. The molecule has 0 radical (unpaired) electrons. The molecule has 2 aromatic rings. The summed E-state index contributed by atoms with van der Waals surface area (Å²) in [6.07, 6.45) is -0.0523. The van der Waals surface area contributed by atoms with Gasteiger partial charge in [0.1, 0.15) is 12.4 Å². The maximum absolute atomic E-state index is 11.9. The molecule has 120 valence electrons. The molecule has 1 amide bonds. The number of nitrogens with zero attached hydrogens (tertiary/aromatic N) is 1. The van der Waals surface area contributed by atoms with Crippen LogP contribution >= 0.6 is 11.6 Å². The topological polar surface area (TPSA) is 81.5 Å². The minimum absolute atomic E-state index is 0.0523. The molecule has 23 heavy (non-hydrogen) atoms. The molecule has 0 aromatic heterocycles. The van der Waals surface area contributed by atoms with E-state index in [1.807, 2.05) is 0 Å². The molecule has 0 aliphatic rings. The Hall–Kier alpha value is -2.60. The van der Waals surface area contributed by atoms with Crippen molar-refractivity contribution in [3.8, 4) is 5.75 Å². The Morgan fingerprint density at radius 2 is 1.87 bits per heavy atom. The zero-order chi connectivity index (χ0) is 16.7. The Labute approximate surface area is 138 Å². The Balaban J connectivity index is 1.80. The number of amides is 1. The average molecular weight is 335 g/mol. The monoisotopic (exact) mass is 334 g/mol. The van der Waals surface area contributed by atoms with E-state index in [4.69, 9.17) is 16.3 Å². The molecule has 0 fully saturated rings. The van der Waals surface area contributed by atoms with Crippen molar-refractivity contribution in [3.05, 3.63) is 69.2 Å². The molecule has 0 heterocycles. The lowest BCUT2D eigenvalue weighted by molar-refractivity contribution is -0.385. The van der Waals surface area contributed by atoms with E-state index < -0.39 is 4.92 Å². The number of halogens is 1. The number of nitro groups is 1. The number of nitrogens with one attached hydrogen (secondary N) is 1. The third-order valence-corrected chi connectivity index (χ3v) is 3.37. The number of para-hydroxylation sites is 2. The summed E-state index contributed by atoms with van der Waals surface area (Å²) in [4.78, 5) is 22.2. The van der Waals surface area contributed by atoms with E-state index in [1.165, 1.54) is 6.07 Å². The molecule has 0 unspecified atom stereocenters. The first-order chi connectivity index (χ1) is 11.1. The highest BCUT2D eigenvalue weighted by atomic mass is 35.5. The van der Waals surface area contributed by atoms with Gasteiger partial charge >= 0.3 is 0 Å². The molecule has 0 aliphatic heterocycles. The van der Waals surface area contributed by atoms with E-state index in [0.29, 0.717) is 16.3 Å². The van der Waals surface area contributed by atoms with Gasteiger partial charge in [0, 0.05) is 11.6 Å². The predicted octanol–water partition coefficient (Wildman–Crippen LogP) is 2.99. The first kappa shape index (κ1) is 16.8. The molecule has 6 nitrogen and oxygen atoms in total. The van der Waals surface area contributed by atoms with Crippen LogP contribution in [0.25, 0.3) is 0 Å². The highest BCUT2D eigenvalue weighted by Gasteiger charge is 2.15. The zero-order valence-corrected chi connectivity index (χ0v) is 13.0. The number of hydrogen-bond donors (Lipinski definition) is 1.